The molecule has 25 heavy (non-hydrogen) atoms. The van der Waals surface area contributed by atoms with Crippen LogP contribution in [0.25, 0.3) is 0 Å². The van der Waals surface area contributed by atoms with Gasteiger partial charge in [0.15, 0.2) is 5.75 Å². The minimum absolute atomic E-state index is 0.215. The van der Waals surface area contributed by atoms with E-state index in [1.54, 1.807) is 20.2 Å². The number of ether oxygens (including phenoxy) is 2. The third-order valence-corrected chi connectivity index (χ3v) is 4.65. The summed E-state index contributed by atoms with van der Waals surface area (Å²) in [6, 6.07) is 7.43. The Balaban J connectivity index is 1.91. The lowest BCUT2D eigenvalue weighted by atomic mass is 9.92. The molecular formula is C18H19N3O4. The zero-order valence-corrected chi connectivity index (χ0v) is 14.4. The molecule has 7 nitrogen and oxygen atoms in total. The first-order valence-corrected chi connectivity index (χ1v) is 7.95. The molecule has 0 bridgehead atoms. The number of hydrogen-bond donors (Lipinski definition) is 0. The van der Waals surface area contributed by atoms with Crippen LogP contribution in [-0.2, 0) is 10.2 Å². The third kappa shape index (κ3) is 3.09. The highest BCUT2D eigenvalue weighted by Crippen LogP contribution is 2.57. The second-order valence-electron chi connectivity index (χ2n) is 6.20. The Morgan fingerprint density at radius 2 is 2.08 bits per heavy atom. The van der Waals surface area contributed by atoms with Crippen LogP contribution in [-0.4, -0.2) is 29.6 Å². The summed E-state index contributed by atoms with van der Waals surface area (Å²) in [6.45, 7) is 3.85. The van der Waals surface area contributed by atoms with Crippen LogP contribution >= 0.6 is 0 Å². The molecule has 2 unspecified atom stereocenters. The Hall–Kier alpha value is -2.83. The number of methoxy groups -OCH3 is 1. The number of amides is 1. The van der Waals surface area contributed by atoms with Crippen molar-refractivity contribution in [2.24, 2.45) is 11.1 Å². The van der Waals surface area contributed by atoms with Gasteiger partial charge in [0.2, 0.25) is 0 Å². The monoisotopic (exact) mass is 341 g/mol. The summed E-state index contributed by atoms with van der Waals surface area (Å²) in [5.74, 6) is 0.703. The number of benzene rings is 1. The molecule has 1 fully saturated rings. The molecule has 0 N–H and O–H groups in total. The number of hydrogen-bond acceptors (Lipinski definition) is 6. The van der Waals surface area contributed by atoms with Gasteiger partial charge in [-0.1, -0.05) is 18.2 Å². The van der Waals surface area contributed by atoms with E-state index in [-0.39, 0.29) is 6.61 Å². The number of carbonyl (C=O) groups excluding carboxylic acids is 1. The Morgan fingerprint density at radius 1 is 1.32 bits per heavy atom. The van der Waals surface area contributed by atoms with Crippen molar-refractivity contribution in [3.05, 3.63) is 52.5 Å². The van der Waals surface area contributed by atoms with Gasteiger partial charge in [-0.3, -0.25) is 4.79 Å². The van der Waals surface area contributed by atoms with Crippen molar-refractivity contribution in [1.29, 1.82) is 0 Å². The van der Waals surface area contributed by atoms with Crippen LogP contribution in [0.1, 0.15) is 23.5 Å². The average molecular weight is 341 g/mol. The lowest BCUT2D eigenvalue weighted by Crippen LogP contribution is -2.24. The molecule has 2 aromatic rings. The summed E-state index contributed by atoms with van der Waals surface area (Å²) in [4.78, 5) is 31.0. The van der Waals surface area contributed by atoms with Crippen molar-refractivity contribution in [1.82, 2.24) is 9.97 Å². The standard InChI is InChI=1S/C18H19N3O4/c1-11-16(9-19-12(2)20-11)25-10-18(8-14(18)17(22)21-23)13-6-4-5-7-15(13)24-3/h4-7,9,14H,8,10H2,1-3H3. The van der Waals surface area contributed by atoms with Gasteiger partial charge in [-0.05, 0) is 26.3 Å². The summed E-state index contributed by atoms with van der Waals surface area (Å²) in [5, 5.41) is 2.60. The van der Waals surface area contributed by atoms with Gasteiger partial charge in [0, 0.05) is 16.2 Å². The second-order valence-corrected chi connectivity index (χ2v) is 6.20. The zero-order valence-electron chi connectivity index (χ0n) is 14.4. The van der Waals surface area contributed by atoms with E-state index in [1.807, 2.05) is 31.2 Å². The summed E-state index contributed by atoms with van der Waals surface area (Å²) in [6.07, 6.45) is 2.11. The van der Waals surface area contributed by atoms with Crippen LogP contribution in [0.15, 0.2) is 35.6 Å². The number of aryl methyl sites for hydroxylation is 2. The van der Waals surface area contributed by atoms with E-state index in [2.05, 4.69) is 15.1 Å². The van der Waals surface area contributed by atoms with Crippen molar-refractivity contribution in [2.45, 2.75) is 25.7 Å². The second kappa shape index (κ2) is 6.58. The summed E-state index contributed by atoms with van der Waals surface area (Å²) in [5.41, 5.74) is 0.930. The number of para-hydroxylation sites is 1. The van der Waals surface area contributed by atoms with Gasteiger partial charge < -0.3 is 9.47 Å². The molecule has 7 heteroatoms. The van der Waals surface area contributed by atoms with E-state index >= 15 is 0 Å². The van der Waals surface area contributed by atoms with Crippen LogP contribution < -0.4 is 9.47 Å². The van der Waals surface area contributed by atoms with E-state index < -0.39 is 17.2 Å². The zero-order chi connectivity index (χ0) is 18.0. The van der Waals surface area contributed by atoms with Gasteiger partial charge in [-0.15, -0.1) is 4.91 Å². The number of carbonyl (C=O) groups is 1. The molecule has 0 spiro atoms. The molecule has 3 rings (SSSR count). The van der Waals surface area contributed by atoms with Crippen LogP contribution in [0.2, 0.25) is 0 Å². The van der Waals surface area contributed by atoms with E-state index in [0.717, 1.165) is 11.3 Å². The van der Waals surface area contributed by atoms with Crippen molar-refractivity contribution in [3.63, 3.8) is 0 Å². The third-order valence-electron chi connectivity index (χ3n) is 4.65. The molecule has 1 aliphatic rings. The molecule has 0 saturated heterocycles. The van der Waals surface area contributed by atoms with Crippen LogP contribution in [0.3, 0.4) is 0 Å². The fourth-order valence-electron chi connectivity index (χ4n) is 3.20. The Labute approximate surface area is 145 Å². The molecule has 1 amide bonds. The Morgan fingerprint density at radius 3 is 2.76 bits per heavy atom. The van der Waals surface area contributed by atoms with Crippen molar-refractivity contribution >= 4 is 5.91 Å². The summed E-state index contributed by atoms with van der Waals surface area (Å²) in [7, 11) is 1.57. The smallest absolute Gasteiger partial charge is 0.290 e. The molecule has 1 aromatic heterocycles. The molecule has 1 aromatic carbocycles. The molecule has 2 atom stereocenters. The maximum atomic E-state index is 11.9. The number of nitrogens with zero attached hydrogens (tertiary/aromatic N) is 3. The first-order valence-electron chi connectivity index (χ1n) is 7.95. The predicted octanol–water partition coefficient (Wildman–Crippen LogP) is 2.73. The average Bonchev–Trinajstić information content (AvgIpc) is 3.36. The quantitative estimate of drug-likeness (QED) is 0.750. The molecule has 1 heterocycles. The summed E-state index contributed by atoms with van der Waals surface area (Å²) < 4.78 is 11.3. The van der Waals surface area contributed by atoms with E-state index in [1.165, 1.54) is 0 Å². The highest BCUT2D eigenvalue weighted by atomic mass is 16.5. The van der Waals surface area contributed by atoms with Crippen LogP contribution in [0, 0.1) is 24.7 Å². The normalized spacial score (nSPS) is 21.5. The molecule has 1 aliphatic carbocycles. The van der Waals surface area contributed by atoms with Gasteiger partial charge in [0.05, 0.1) is 31.5 Å². The Bertz CT molecular complexity index is 824. The summed E-state index contributed by atoms with van der Waals surface area (Å²) >= 11 is 0. The Kier molecular flexibility index (Phi) is 4.48. The molecule has 0 radical (unpaired) electrons. The fourth-order valence-corrected chi connectivity index (χ4v) is 3.20. The minimum atomic E-state index is -0.661. The van der Waals surface area contributed by atoms with Crippen LogP contribution in [0.5, 0.6) is 11.5 Å². The number of aromatic nitrogens is 2. The highest BCUT2D eigenvalue weighted by Gasteiger charge is 2.61. The first kappa shape index (κ1) is 17.0. The van der Waals surface area contributed by atoms with Crippen molar-refractivity contribution < 1.29 is 14.3 Å². The lowest BCUT2D eigenvalue weighted by Gasteiger charge is -2.21. The molecule has 1 saturated carbocycles. The largest absolute Gasteiger partial charge is 0.496 e. The predicted molar refractivity (Wildman–Crippen MR) is 90.6 cm³/mol. The molecular weight excluding hydrogens is 322 g/mol. The van der Waals surface area contributed by atoms with Gasteiger partial charge in [-0.2, -0.15) is 0 Å². The maximum Gasteiger partial charge on any atom is 0.290 e. The maximum absolute atomic E-state index is 11.9. The van der Waals surface area contributed by atoms with E-state index in [4.69, 9.17) is 9.47 Å². The van der Waals surface area contributed by atoms with Gasteiger partial charge in [-0.25, -0.2) is 9.97 Å². The SMILES string of the molecule is COc1ccccc1C1(COc2cnc(C)nc2C)CC1C(=O)N=O. The topological polar surface area (TPSA) is 90.7 Å². The molecule has 0 aliphatic heterocycles. The lowest BCUT2D eigenvalue weighted by molar-refractivity contribution is -0.119. The fraction of sp³-hybridized carbons (Fsp3) is 0.389. The molecule has 130 valence electrons. The van der Waals surface area contributed by atoms with Gasteiger partial charge >= 0.3 is 0 Å². The van der Waals surface area contributed by atoms with Gasteiger partial charge in [0.1, 0.15) is 11.6 Å². The van der Waals surface area contributed by atoms with E-state index in [0.29, 0.717) is 23.7 Å². The van der Waals surface area contributed by atoms with Gasteiger partial charge in [0.25, 0.3) is 5.91 Å². The minimum Gasteiger partial charge on any atom is -0.496 e. The number of nitroso groups, excluding NO2 is 1. The van der Waals surface area contributed by atoms with Crippen LogP contribution in [0.4, 0.5) is 0 Å². The van der Waals surface area contributed by atoms with E-state index in [9.17, 15) is 9.70 Å². The number of rotatable bonds is 6. The first-order chi connectivity index (χ1) is 12.0. The van der Waals surface area contributed by atoms with Crippen molar-refractivity contribution in [2.75, 3.05) is 13.7 Å². The van der Waals surface area contributed by atoms with Crippen molar-refractivity contribution in [3.8, 4) is 11.5 Å². The highest BCUT2D eigenvalue weighted by molar-refractivity contribution is 5.85.